The second-order valence-electron chi connectivity index (χ2n) is 4.86. The van der Waals surface area contributed by atoms with Crippen molar-refractivity contribution >= 4 is 15.9 Å². The van der Waals surface area contributed by atoms with Gasteiger partial charge in [0.1, 0.15) is 0 Å². The number of hydrogen-bond donors (Lipinski definition) is 3. The lowest BCUT2D eigenvalue weighted by Gasteiger charge is -2.17. The summed E-state index contributed by atoms with van der Waals surface area (Å²) in [5.74, 6) is -0.0529. The Morgan fingerprint density at radius 3 is 2.35 bits per heavy atom. The third kappa shape index (κ3) is 13.3. The van der Waals surface area contributed by atoms with Crippen LogP contribution in [0.5, 0.6) is 0 Å². The van der Waals surface area contributed by atoms with Crippen molar-refractivity contribution in [3.05, 3.63) is 0 Å². The highest BCUT2D eigenvalue weighted by Crippen LogP contribution is 2.06. The van der Waals surface area contributed by atoms with Gasteiger partial charge in [0.15, 0.2) is 0 Å². The van der Waals surface area contributed by atoms with Gasteiger partial charge >= 0.3 is 0 Å². The standard InChI is InChI=1S/C10H23N3O3S/c1-10(2,11)6-5-9(14)12-7-4-8-13-17(3,15)16/h13H,4-8,11H2,1-3H3,(H,12,14). The summed E-state index contributed by atoms with van der Waals surface area (Å²) in [7, 11) is -3.13. The molecule has 0 aromatic heterocycles. The number of rotatable bonds is 8. The van der Waals surface area contributed by atoms with Crippen molar-refractivity contribution in [2.45, 2.75) is 38.6 Å². The first-order valence-electron chi connectivity index (χ1n) is 5.60. The van der Waals surface area contributed by atoms with Gasteiger partial charge in [0.25, 0.3) is 0 Å². The molecule has 4 N–H and O–H groups in total. The number of nitrogens with two attached hydrogens (primary N) is 1. The molecule has 0 saturated carbocycles. The summed E-state index contributed by atoms with van der Waals surface area (Å²) in [5, 5.41) is 2.71. The summed E-state index contributed by atoms with van der Waals surface area (Å²) in [6.45, 7) is 4.54. The van der Waals surface area contributed by atoms with E-state index >= 15 is 0 Å². The predicted molar refractivity (Wildman–Crippen MR) is 68.0 cm³/mol. The zero-order valence-electron chi connectivity index (χ0n) is 10.7. The molecule has 0 aliphatic carbocycles. The highest BCUT2D eigenvalue weighted by atomic mass is 32.2. The van der Waals surface area contributed by atoms with Crippen LogP contribution >= 0.6 is 0 Å². The van der Waals surface area contributed by atoms with Crippen molar-refractivity contribution in [3.8, 4) is 0 Å². The average molecular weight is 265 g/mol. The summed E-state index contributed by atoms with van der Waals surface area (Å²) >= 11 is 0. The van der Waals surface area contributed by atoms with Crippen LogP contribution in [0.3, 0.4) is 0 Å². The van der Waals surface area contributed by atoms with E-state index in [1.54, 1.807) is 0 Å². The molecule has 0 heterocycles. The van der Waals surface area contributed by atoms with Gasteiger partial charge in [-0.1, -0.05) is 0 Å². The van der Waals surface area contributed by atoms with Gasteiger partial charge in [0, 0.05) is 25.0 Å². The van der Waals surface area contributed by atoms with E-state index in [9.17, 15) is 13.2 Å². The Bertz CT molecular complexity index is 333. The predicted octanol–water partition coefficient (Wildman–Crippen LogP) is -0.441. The number of carbonyl (C=O) groups is 1. The van der Waals surface area contributed by atoms with Crippen LogP contribution in [0.2, 0.25) is 0 Å². The van der Waals surface area contributed by atoms with E-state index < -0.39 is 10.0 Å². The molecule has 0 rings (SSSR count). The van der Waals surface area contributed by atoms with Gasteiger partial charge in [-0.05, 0) is 26.7 Å². The first-order valence-corrected chi connectivity index (χ1v) is 7.49. The van der Waals surface area contributed by atoms with Crippen LogP contribution in [-0.2, 0) is 14.8 Å². The minimum Gasteiger partial charge on any atom is -0.356 e. The Hall–Kier alpha value is -0.660. The Morgan fingerprint density at radius 1 is 1.29 bits per heavy atom. The van der Waals surface area contributed by atoms with E-state index in [1.165, 1.54) is 0 Å². The molecular weight excluding hydrogens is 242 g/mol. The number of carbonyl (C=O) groups excluding carboxylic acids is 1. The quantitative estimate of drug-likeness (QED) is 0.518. The maximum atomic E-state index is 11.3. The highest BCUT2D eigenvalue weighted by molar-refractivity contribution is 7.88. The van der Waals surface area contributed by atoms with E-state index in [1.807, 2.05) is 13.8 Å². The summed E-state index contributed by atoms with van der Waals surface area (Å²) < 4.78 is 23.8. The Balaban J connectivity index is 3.53. The molecule has 0 aliphatic heterocycles. The van der Waals surface area contributed by atoms with E-state index in [0.29, 0.717) is 32.4 Å². The molecule has 6 nitrogen and oxygen atoms in total. The van der Waals surface area contributed by atoms with Gasteiger partial charge in [-0.25, -0.2) is 13.1 Å². The molecule has 102 valence electrons. The Labute approximate surface area is 103 Å². The smallest absolute Gasteiger partial charge is 0.220 e. The number of hydrogen-bond acceptors (Lipinski definition) is 4. The summed E-state index contributed by atoms with van der Waals surface area (Å²) in [6.07, 6.45) is 2.70. The van der Waals surface area contributed by atoms with Gasteiger partial charge in [-0.3, -0.25) is 4.79 Å². The van der Waals surface area contributed by atoms with Crippen LogP contribution in [0.4, 0.5) is 0 Å². The van der Waals surface area contributed by atoms with Gasteiger partial charge in [0.2, 0.25) is 15.9 Å². The minimum absolute atomic E-state index is 0.0529. The third-order valence-electron chi connectivity index (χ3n) is 2.04. The maximum absolute atomic E-state index is 11.3. The monoisotopic (exact) mass is 265 g/mol. The molecule has 0 unspecified atom stereocenters. The van der Waals surface area contributed by atoms with Crippen LogP contribution < -0.4 is 15.8 Å². The number of nitrogens with one attached hydrogen (secondary N) is 2. The van der Waals surface area contributed by atoms with E-state index in [2.05, 4.69) is 10.0 Å². The van der Waals surface area contributed by atoms with Gasteiger partial charge < -0.3 is 11.1 Å². The Morgan fingerprint density at radius 2 is 1.88 bits per heavy atom. The van der Waals surface area contributed by atoms with Gasteiger partial charge in [0.05, 0.1) is 6.26 Å². The van der Waals surface area contributed by atoms with Crippen LogP contribution in [0.1, 0.15) is 33.1 Å². The first-order chi connectivity index (χ1) is 7.60. The van der Waals surface area contributed by atoms with Gasteiger partial charge in [-0.2, -0.15) is 0 Å². The first kappa shape index (κ1) is 16.3. The largest absolute Gasteiger partial charge is 0.356 e. The van der Waals surface area contributed by atoms with Gasteiger partial charge in [-0.15, -0.1) is 0 Å². The van der Waals surface area contributed by atoms with Crippen LogP contribution in [0.15, 0.2) is 0 Å². The highest BCUT2D eigenvalue weighted by Gasteiger charge is 2.12. The third-order valence-corrected chi connectivity index (χ3v) is 2.76. The molecule has 0 spiro atoms. The molecule has 0 bridgehead atoms. The minimum atomic E-state index is -3.13. The summed E-state index contributed by atoms with van der Waals surface area (Å²) in [4.78, 5) is 11.3. The molecule has 0 aromatic carbocycles. The molecule has 7 heteroatoms. The Kier molecular flexibility index (Phi) is 6.66. The molecular formula is C10H23N3O3S. The lowest BCUT2D eigenvalue weighted by molar-refractivity contribution is -0.121. The number of sulfonamides is 1. The fourth-order valence-electron chi connectivity index (χ4n) is 1.10. The average Bonchev–Trinajstić information content (AvgIpc) is 2.11. The fraction of sp³-hybridized carbons (Fsp3) is 0.900. The molecule has 0 atom stereocenters. The molecule has 0 radical (unpaired) electrons. The molecule has 0 aromatic rings. The summed E-state index contributed by atoms with van der Waals surface area (Å²) in [6, 6.07) is 0. The van der Waals surface area contributed by atoms with Crippen LogP contribution in [0.25, 0.3) is 0 Å². The fourth-order valence-corrected chi connectivity index (χ4v) is 1.61. The maximum Gasteiger partial charge on any atom is 0.220 e. The van der Waals surface area contributed by atoms with Crippen molar-refractivity contribution < 1.29 is 13.2 Å². The van der Waals surface area contributed by atoms with E-state index in [-0.39, 0.29) is 11.4 Å². The molecule has 0 aliphatic rings. The van der Waals surface area contributed by atoms with Crippen molar-refractivity contribution in [2.75, 3.05) is 19.3 Å². The zero-order chi connectivity index (χ0) is 13.5. The van der Waals surface area contributed by atoms with Crippen molar-refractivity contribution in [1.82, 2.24) is 10.0 Å². The SMILES string of the molecule is CC(C)(N)CCC(=O)NCCCNS(C)(=O)=O. The second-order valence-corrected chi connectivity index (χ2v) is 6.69. The van der Waals surface area contributed by atoms with Crippen LogP contribution in [-0.4, -0.2) is 39.2 Å². The molecule has 17 heavy (non-hydrogen) atoms. The molecule has 0 fully saturated rings. The number of amides is 1. The zero-order valence-corrected chi connectivity index (χ0v) is 11.6. The van der Waals surface area contributed by atoms with Crippen molar-refractivity contribution in [3.63, 3.8) is 0 Å². The normalized spacial score (nSPS) is 12.5. The van der Waals surface area contributed by atoms with Crippen molar-refractivity contribution in [1.29, 1.82) is 0 Å². The van der Waals surface area contributed by atoms with E-state index in [4.69, 9.17) is 5.73 Å². The lowest BCUT2D eigenvalue weighted by atomic mass is 10.00. The second kappa shape index (κ2) is 6.93. The topological polar surface area (TPSA) is 101 Å². The lowest BCUT2D eigenvalue weighted by Crippen LogP contribution is -2.35. The van der Waals surface area contributed by atoms with Crippen molar-refractivity contribution in [2.24, 2.45) is 5.73 Å². The molecule has 0 saturated heterocycles. The van der Waals surface area contributed by atoms with Crippen LogP contribution in [0, 0.1) is 0 Å². The molecule has 1 amide bonds. The van der Waals surface area contributed by atoms with E-state index in [0.717, 1.165) is 6.26 Å². The summed E-state index contributed by atoms with van der Waals surface area (Å²) in [5.41, 5.74) is 5.41.